The summed E-state index contributed by atoms with van der Waals surface area (Å²) in [6.07, 6.45) is -0.962. The first-order chi connectivity index (χ1) is 14.4. The highest BCUT2D eigenvalue weighted by Crippen LogP contribution is 2.22. The second-order valence-corrected chi connectivity index (χ2v) is 6.65. The number of carbonyl (C=O) groups is 2. The van der Waals surface area contributed by atoms with Gasteiger partial charge in [0.1, 0.15) is 17.1 Å². The maximum atomic E-state index is 12.4. The monoisotopic (exact) mass is 410 g/mol. The summed E-state index contributed by atoms with van der Waals surface area (Å²) < 4.78 is 21.1. The quantitative estimate of drug-likeness (QED) is 0.318. The summed E-state index contributed by atoms with van der Waals surface area (Å²) in [5, 5.41) is 0.777. The molecule has 7 heteroatoms. The number of fused-ring (bicyclic) bond motifs is 1. The molecule has 0 amide bonds. The van der Waals surface area contributed by atoms with Crippen LogP contribution in [0.3, 0.4) is 0 Å². The molecule has 7 nitrogen and oxygen atoms in total. The normalized spacial score (nSPS) is 11.7. The minimum Gasteiger partial charge on any atom is -0.494 e. The second-order valence-electron chi connectivity index (χ2n) is 6.65. The van der Waals surface area contributed by atoms with Crippen molar-refractivity contribution in [1.82, 2.24) is 0 Å². The van der Waals surface area contributed by atoms with Crippen LogP contribution in [0.5, 0.6) is 11.5 Å². The van der Waals surface area contributed by atoms with E-state index in [0.717, 1.165) is 10.9 Å². The van der Waals surface area contributed by atoms with Crippen LogP contribution in [0.2, 0.25) is 0 Å². The maximum absolute atomic E-state index is 12.4. The van der Waals surface area contributed by atoms with Crippen LogP contribution < -0.4 is 15.1 Å². The fourth-order valence-corrected chi connectivity index (χ4v) is 2.94. The molecule has 0 aliphatic carbocycles. The van der Waals surface area contributed by atoms with Gasteiger partial charge in [-0.25, -0.2) is 9.59 Å². The van der Waals surface area contributed by atoms with Crippen LogP contribution >= 0.6 is 0 Å². The third-order valence-corrected chi connectivity index (χ3v) is 4.41. The number of ketones is 1. The van der Waals surface area contributed by atoms with Gasteiger partial charge in [0.05, 0.1) is 6.61 Å². The average molecular weight is 410 g/mol. The topological polar surface area (TPSA) is 92.0 Å². The zero-order chi connectivity index (χ0) is 21.7. The number of hydrogen-bond acceptors (Lipinski definition) is 7. The molecule has 0 aliphatic heterocycles. The van der Waals surface area contributed by atoms with Crippen molar-refractivity contribution in [3.63, 3.8) is 0 Å². The fraction of sp³-hybridized carbons (Fsp3) is 0.261. The molecular formula is C23H22O7. The Morgan fingerprint density at radius 2 is 1.70 bits per heavy atom. The number of Topliss-reactive ketones (excluding diaryl/α,β-unsaturated/α-hetero) is 1. The second kappa shape index (κ2) is 9.26. The van der Waals surface area contributed by atoms with E-state index < -0.39 is 17.7 Å². The fourth-order valence-electron chi connectivity index (χ4n) is 2.94. The highest BCUT2D eigenvalue weighted by Gasteiger charge is 2.20. The molecule has 0 bridgehead atoms. The molecule has 0 fully saturated rings. The minimum absolute atomic E-state index is 0.325. The number of carbonyl (C=O) groups excluding carboxylic acids is 2. The standard InChI is InChI=1S/C23H22O7/c1-4-27-17-7-5-16(6-8-17)23(26)15(3)29-22(25)13-28-18-9-10-19-14(2)11-21(24)30-20(19)12-18/h5-12,15H,4,13H2,1-3H3/t15-/m0/s1. The summed E-state index contributed by atoms with van der Waals surface area (Å²) in [4.78, 5) is 36.0. The van der Waals surface area contributed by atoms with E-state index in [-0.39, 0.29) is 12.4 Å². The Hall–Kier alpha value is -3.61. The number of rotatable bonds is 8. The van der Waals surface area contributed by atoms with E-state index in [0.29, 0.717) is 29.3 Å². The molecule has 3 aromatic rings. The van der Waals surface area contributed by atoms with E-state index in [9.17, 15) is 14.4 Å². The maximum Gasteiger partial charge on any atom is 0.344 e. The van der Waals surface area contributed by atoms with E-state index in [2.05, 4.69) is 0 Å². The lowest BCUT2D eigenvalue weighted by molar-refractivity contribution is -0.148. The molecule has 0 saturated heterocycles. The van der Waals surface area contributed by atoms with E-state index in [1.165, 1.54) is 19.1 Å². The van der Waals surface area contributed by atoms with Gasteiger partial charge in [-0.05, 0) is 62.7 Å². The molecule has 0 spiro atoms. The van der Waals surface area contributed by atoms with Gasteiger partial charge in [-0.2, -0.15) is 0 Å². The van der Waals surface area contributed by atoms with Crippen molar-refractivity contribution in [3.05, 3.63) is 70.1 Å². The van der Waals surface area contributed by atoms with Gasteiger partial charge in [-0.3, -0.25) is 4.79 Å². The van der Waals surface area contributed by atoms with E-state index in [1.54, 1.807) is 43.3 Å². The summed E-state index contributed by atoms with van der Waals surface area (Å²) in [6, 6.07) is 13.0. The SMILES string of the molecule is CCOc1ccc(C(=O)[C@H](C)OC(=O)COc2ccc3c(C)cc(=O)oc3c2)cc1. The molecule has 30 heavy (non-hydrogen) atoms. The third kappa shape index (κ3) is 5.05. The first-order valence-electron chi connectivity index (χ1n) is 9.51. The van der Waals surface area contributed by atoms with Crippen LogP contribution in [-0.2, 0) is 9.53 Å². The van der Waals surface area contributed by atoms with E-state index in [1.807, 2.05) is 6.92 Å². The zero-order valence-electron chi connectivity index (χ0n) is 17.0. The Morgan fingerprint density at radius 3 is 2.40 bits per heavy atom. The summed E-state index contributed by atoms with van der Waals surface area (Å²) in [6.45, 7) is 5.33. The first-order valence-corrected chi connectivity index (χ1v) is 9.51. The molecule has 1 aromatic heterocycles. The summed E-state index contributed by atoms with van der Waals surface area (Å²) in [7, 11) is 0. The lowest BCUT2D eigenvalue weighted by Crippen LogP contribution is -2.27. The van der Waals surface area contributed by atoms with Gasteiger partial charge in [0.2, 0.25) is 5.78 Å². The Kier molecular flexibility index (Phi) is 6.51. The minimum atomic E-state index is -0.962. The van der Waals surface area contributed by atoms with Gasteiger partial charge in [0.15, 0.2) is 12.7 Å². The summed E-state index contributed by atoms with van der Waals surface area (Å²) in [5.74, 6) is -0.00543. The van der Waals surface area contributed by atoms with Crippen molar-refractivity contribution >= 4 is 22.7 Å². The number of hydrogen-bond donors (Lipinski definition) is 0. The van der Waals surface area contributed by atoms with Crippen LogP contribution in [0.15, 0.2) is 57.7 Å². The zero-order valence-corrected chi connectivity index (χ0v) is 17.0. The van der Waals surface area contributed by atoms with Crippen LogP contribution in [0.4, 0.5) is 0 Å². The van der Waals surface area contributed by atoms with Gasteiger partial charge in [-0.1, -0.05) is 0 Å². The predicted molar refractivity (Wildman–Crippen MR) is 110 cm³/mol. The van der Waals surface area contributed by atoms with Crippen LogP contribution in [0, 0.1) is 6.92 Å². The molecule has 0 unspecified atom stereocenters. The van der Waals surface area contributed by atoms with Crippen molar-refractivity contribution in [1.29, 1.82) is 0 Å². The summed E-state index contributed by atoms with van der Waals surface area (Å²) >= 11 is 0. The molecule has 0 saturated carbocycles. The molecule has 1 atom stereocenters. The van der Waals surface area contributed by atoms with Gasteiger partial charge >= 0.3 is 11.6 Å². The van der Waals surface area contributed by atoms with Crippen LogP contribution in [0.25, 0.3) is 11.0 Å². The third-order valence-electron chi connectivity index (χ3n) is 4.41. The van der Waals surface area contributed by atoms with Crippen molar-refractivity contribution < 1.29 is 28.2 Å². The molecule has 0 radical (unpaired) electrons. The van der Waals surface area contributed by atoms with E-state index >= 15 is 0 Å². The highest BCUT2D eigenvalue weighted by atomic mass is 16.6. The van der Waals surface area contributed by atoms with Gasteiger partial charge in [-0.15, -0.1) is 0 Å². The molecule has 0 aliphatic rings. The molecule has 1 heterocycles. The molecular weight excluding hydrogens is 388 g/mol. The Labute approximate surface area is 173 Å². The number of ether oxygens (including phenoxy) is 3. The highest BCUT2D eigenvalue weighted by molar-refractivity contribution is 6.00. The lowest BCUT2D eigenvalue weighted by Gasteiger charge is -2.13. The van der Waals surface area contributed by atoms with Crippen molar-refractivity contribution in [2.24, 2.45) is 0 Å². The Bertz CT molecular complexity index is 1110. The average Bonchev–Trinajstić information content (AvgIpc) is 2.72. The largest absolute Gasteiger partial charge is 0.494 e. The molecule has 2 aromatic carbocycles. The van der Waals surface area contributed by atoms with Gasteiger partial charge in [0.25, 0.3) is 0 Å². The number of benzene rings is 2. The smallest absolute Gasteiger partial charge is 0.344 e. The Balaban J connectivity index is 1.57. The number of aryl methyl sites for hydroxylation is 1. The van der Waals surface area contributed by atoms with Crippen LogP contribution in [0.1, 0.15) is 29.8 Å². The van der Waals surface area contributed by atoms with Crippen molar-refractivity contribution in [2.45, 2.75) is 26.9 Å². The van der Waals surface area contributed by atoms with E-state index in [4.69, 9.17) is 18.6 Å². The summed E-state index contributed by atoms with van der Waals surface area (Å²) in [5.41, 5.74) is 1.11. The van der Waals surface area contributed by atoms with Crippen molar-refractivity contribution in [2.75, 3.05) is 13.2 Å². The first kappa shape index (κ1) is 21.1. The van der Waals surface area contributed by atoms with Gasteiger partial charge < -0.3 is 18.6 Å². The van der Waals surface area contributed by atoms with Gasteiger partial charge in [0, 0.05) is 23.1 Å². The Morgan fingerprint density at radius 1 is 1.00 bits per heavy atom. The van der Waals surface area contributed by atoms with Crippen LogP contribution in [-0.4, -0.2) is 31.1 Å². The molecule has 0 N–H and O–H groups in total. The predicted octanol–water partition coefficient (Wildman–Crippen LogP) is 3.69. The molecule has 3 rings (SSSR count). The van der Waals surface area contributed by atoms with Crippen molar-refractivity contribution in [3.8, 4) is 11.5 Å². The molecule has 156 valence electrons. The number of esters is 1. The lowest BCUT2D eigenvalue weighted by atomic mass is 10.1.